The van der Waals surface area contributed by atoms with Crippen LogP contribution in [0.25, 0.3) is 0 Å². The van der Waals surface area contributed by atoms with Crippen molar-refractivity contribution in [2.75, 3.05) is 26.2 Å². The fraction of sp³-hybridized carbons (Fsp3) is 0.911. The number of aliphatic hydroxyl groups is 2. The van der Waals surface area contributed by atoms with E-state index in [2.05, 4.69) is 41.5 Å². The van der Waals surface area contributed by atoms with Gasteiger partial charge in [0.2, 0.25) is 5.79 Å². The number of allylic oxidation sites excluding steroid dienone is 1. The Hall–Kier alpha value is -1.72. The number of aliphatic hydroxyl groups excluding tert-OH is 1. The van der Waals surface area contributed by atoms with Gasteiger partial charge in [0, 0.05) is 31.5 Å². The molecule has 2 spiro atoms. The summed E-state index contributed by atoms with van der Waals surface area (Å²) < 4.78 is 25.3. The number of ether oxygens (including phenoxy) is 4. The number of hydrogen-bond acceptors (Lipinski definition) is 13. The van der Waals surface area contributed by atoms with Crippen LogP contribution in [-0.4, -0.2) is 118 Å². The highest BCUT2D eigenvalue weighted by molar-refractivity contribution is 5.82. The van der Waals surface area contributed by atoms with Gasteiger partial charge in [0.1, 0.15) is 29.8 Å². The molecule has 0 aromatic carbocycles. The minimum absolute atomic E-state index is 0.0513. The summed E-state index contributed by atoms with van der Waals surface area (Å²) in [6.45, 7) is 5.57. The molecule has 0 aromatic rings. The van der Waals surface area contributed by atoms with Gasteiger partial charge in [-0.1, -0.05) is 89.7 Å². The lowest BCUT2D eigenvalue weighted by Crippen LogP contribution is -2.81. The third-order valence-electron chi connectivity index (χ3n) is 14.1. The molecule has 0 bridgehead atoms. The average Bonchev–Trinajstić information content (AvgIpc) is 3.81. The van der Waals surface area contributed by atoms with Crippen LogP contribution in [0.2, 0.25) is 0 Å². The lowest BCUT2D eigenvalue weighted by molar-refractivity contribution is -0.325. The van der Waals surface area contributed by atoms with Crippen LogP contribution in [0.1, 0.15) is 168 Å². The molecule has 0 radical (unpaired) electrons. The molecule has 14 nitrogen and oxygen atoms in total. The lowest BCUT2D eigenvalue weighted by Gasteiger charge is -2.60. The van der Waals surface area contributed by atoms with Crippen molar-refractivity contribution in [3.05, 3.63) is 12.2 Å². The number of carbonyl (C=O) groups excluding carboxylic acids is 2. The summed E-state index contributed by atoms with van der Waals surface area (Å²) in [5.74, 6) is -2.59. The molecule has 0 saturated carbocycles. The molecule has 1 amide bonds. The van der Waals surface area contributed by atoms with Gasteiger partial charge in [-0.25, -0.2) is 0 Å². The van der Waals surface area contributed by atoms with Crippen molar-refractivity contribution >= 4 is 11.9 Å². The number of rotatable bonds is 23. The van der Waals surface area contributed by atoms with Crippen LogP contribution in [0.15, 0.2) is 12.2 Å². The SMILES string of the molecule is CC/C=C/[C@@H]1CC[C@]2(C[C@H]3CC[C@H]4[C@@H](C(=O)OCCCCCCCCCCCCCC[C@@H]5O[C@](O)(CCN)[C@H](O)N(CCCN)C5=O)[C@@]5(CCC[C@H](C)O5)NC(N2)N34)O1. The molecule has 6 rings (SSSR count). The van der Waals surface area contributed by atoms with E-state index in [1.165, 1.54) is 37.0 Å². The van der Waals surface area contributed by atoms with E-state index in [1.54, 1.807) is 0 Å². The number of amides is 1. The molecule has 6 aliphatic heterocycles. The molecule has 0 aliphatic carbocycles. The fourth-order valence-electron chi connectivity index (χ4n) is 11.1. The van der Waals surface area contributed by atoms with Gasteiger partial charge >= 0.3 is 5.97 Å². The Morgan fingerprint density at radius 3 is 2.29 bits per heavy atom. The minimum atomic E-state index is -1.85. The standard InChI is InChI=1S/C45H80N6O8/c1-3-4-20-35-24-26-43(58-35)32-34-22-23-36-38(44(25-17-19-33(2)57-44)49-42(48-43)51(34)36)40(53)56-31-16-14-12-10-8-6-5-7-9-11-13-15-21-37-39(52)50(30-18-28-46)41(54)45(55,59-37)27-29-47/h4,20,33-38,41-42,48-49,54-55H,3,5-19,21-32,46-47H2,1-2H3/b20-4+/t33-,34+,35+,36-,37-,38-,41-,42?,43+,44-,45+/m0/s1. The van der Waals surface area contributed by atoms with Crippen molar-refractivity contribution in [3.63, 3.8) is 0 Å². The van der Waals surface area contributed by atoms with Crippen molar-refractivity contribution in [2.24, 2.45) is 17.4 Å². The maximum Gasteiger partial charge on any atom is 0.314 e. The largest absolute Gasteiger partial charge is 0.465 e. The number of esters is 1. The van der Waals surface area contributed by atoms with Crippen LogP contribution < -0.4 is 22.1 Å². The first-order valence-corrected chi connectivity index (χ1v) is 23.9. The molecule has 11 atom stereocenters. The molecular formula is C45H80N6O8. The van der Waals surface area contributed by atoms with Gasteiger partial charge in [0.25, 0.3) is 5.91 Å². The predicted octanol–water partition coefficient (Wildman–Crippen LogP) is 4.99. The topological polar surface area (TPSA) is 194 Å². The first-order chi connectivity index (χ1) is 28.6. The summed E-state index contributed by atoms with van der Waals surface area (Å²) in [5, 5.41) is 29.3. The maximum atomic E-state index is 14.1. The van der Waals surface area contributed by atoms with Crippen LogP contribution in [0.3, 0.4) is 0 Å². The number of carbonyl (C=O) groups is 2. The highest BCUT2D eigenvalue weighted by atomic mass is 16.7. The fourth-order valence-corrected chi connectivity index (χ4v) is 11.1. The second-order valence-corrected chi connectivity index (χ2v) is 18.6. The maximum absolute atomic E-state index is 14.1. The highest BCUT2D eigenvalue weighted by Gasteiger charge is 2.64. The Balaban J connectivity index is 0.839. The van der Waals surface area contributed by atoms with Crippen LogP contribution in [0.5, 0.6) is 0 Å². The number of hydrogen-bond donors (Lipinski definition) is 6. The Kier molecular flexibility index (Phi) is 17.5. The number of unbranched alkanes of at least 4 members (excludes halogenated alkanes) is 11. The molecule has 59 heavy (non-hydrogen) atoms. The summed E-state index contributed by atoms with van der Waals surface area (Å²) in [6, 6.07) is 0.454. The lowest BCUT2D eigenvalue weighted by atomic mass is 9.79. The molecule has 0 aromatic heterocycles. The van der Waals surface area contributed by atoms with Gasteiger partial charge in [-0.3, -0.25) is 25.1 Å². The minimum Gasteiger partial charge on any atom is -0.465 e. The second kappa shape index (κ2) is 22.1. The first kappa shape index (κ1) is 46.8. The molecule has 8 N–H and O–H groups in total. The zero-order valence-electron chi connectivity index (χ0n) is 36.5. The van der Waals surface area contributed by atoms with Crippen molar-refractivity contribution < 1.29 is 38.7 Å². The van der Waals surface area contributed by atoms with Crippen LogP contribution in [0.4, 0.5) is 0 Å². The first-order valence-electron chi connectivity index (χ1n) is 23.9. The highest BCUT2D eigenvalue weighted by Crippen LogP contribution is 2.50. The van der Waals surface area contributed by atoms with Gasteiger partial charge in [-0.05, 0) is 90.6 Å². The normalized spacial score (nSPS) is 37.3. The second-order valence-electron chi connectivity index (χ2n) is 18.6. The van der Waals surface area contributed by atoms with E-state index in [0.717, 1.165) is 103 Å². The molecule has 1 unspecified atom stereocenters. The Morgan fingerprint density at radius 2 is 1.61 bits per heavy atom. The molecule has 6 aliphatic rings. The number of nitrogens with zero attached hydrogens (tertiary/aromatic N) is 2. The molecule has 14 heteroatoms. The van der Waals surface area contributed by atoms with E-state index < -0.39 is 23.8 Å². The zero-order chi connectivity index (χ0) is 41.9. The van der Waals surface area contributed by atoms with Gasteiger partial charge < -0.3 is 45.5 Å². The third kappa shape index (κ3) is 11.5. The molecule has 6 heterocycles. The number of morpholine rings is 1. The monoisotopic (exact) mass is 833 g/mol. The summed E-state index contributed by atoms with van der Waals surface area (Å²) in [4.78, 5) is 30.9. The summed E-state index contributed by atoms with van der Waals surface area (Å²) in [7, 11) is 0. The van der Waals surface area contributed by atoms with E-state index in [1.807, 2.05) is 0 Å². The summed E-state index contributed by atoms with van der Waals surface area (Å²) >= 11 is 0. The van der Waals surface area contributed by atoms with Gasteiger partial charge in [0.15, 0.2) is 6.23 Å². The molecule has 338 valence electrons. The summed E-state index contributed by atoms with van der Waals surface area (Å²) in [6.07, 6.45) is 25.6. The summed E-state index contributed by atoms with van der Waals surface area (Å²) in [5.41, 5.74) is 10.2. The van der Waals surface area contributed by atoms with Crippen molar-refractivity contribution in [3.8, 4) is 0 Å². The third-order valence-corrected chi connectivity index (χ3v) is 14.1. The number of nitrogens with two attached hydrogens (primary N) is 2. The van der Waals surface area contributed by atoms with Crippen molar-refractivity contribution in [2.45, 2.75) is 228 Å². The van der Waals surface area contributed by atoms with E-state index in [9.17, 15) is 19.8 Å². The van der Waals surface area contributed by atoms with Crippen molar-refractivity contribution in [1.82, 2.24) is 20.4 Å². The van der Waals surface area contributed by atoms with Gasteiger partial charge in [-0.15, -0.1) is 0 Å². The van der Waals surface area contributed by atoms with Crippen LogP contribution in [0, 0.1) is 5.92 Å². The van der Waals surface area contributed by atoms with Crippen molar-refractivity contribution in [1.29, 1.82) is 0 Å². The Morgan fingerprint density at radius 1 is 0.898 bits per heavy atom. The van der Waals surface area contributed by atoms with E-state index in [0.29, 0.717) is 32.0 Å². The van der Waals surface area contributed by atoms with Crippen LogP contribution >= 0.6 is 0 Å². The van der Waals surface area contributed by atoms with Crippen LogP contribution in [-0.2, 0) is 28.5 Å². The quantitative estimate of drug-likeness (QED) is 0.0459. The number of nitrogens with one attached hydrogen (secondary N) is 2. The van der Waals surface area contributed by atoms with Gasteiger partial charge in [-0.2, -0.15) is 0 Å². The zero-order valence-corrected chi connectivity index (χ0v) is 36.5. The van der Waals surface area contributed by atoms with E-state index in [4.69, 9.17) is 30.4 Å². The van der Waals surface area contributed by atoms with Gasteiger partial charge in [0.05, 0.1) is 18.8 Å². The van der Waals surface area contributed by atoms with E-state index >= 15 is 0 Å². The Labute approximate surface area is 354 Å². The smallest absolute Gasteiger partial charge is 0.314 e. The molecule has 6 fully saturated rings. The predicted molar refractivity (Wildman–Crippen MR) is 226 cm³/mol. The Bertz CT molecular complexity index is 1360. The van der Waals surface area contributed by atoms with E-state index in [-0.39, 0.29) is 67.6 Å². The molecule has 6 saturated heterocycles. The average molecular weight is 833 g/mol. The molecular weight excluding hydrogens is 753 g/mol.